The van der Waals surface area contributed by atoms with Gasteiger partial charge in [0, 0.05) is 7.11 Å². The third-order valence-corrected chi connectivity index (χ3v) is 3.17. The Morgan fingerprint density at radius 1 is 1.00 bits per heavy atom. The van der Waals surface area contributed by atoms with Gasteiger partial charge in [0.25, 0.3) is 0 Å². The van der Waals surface area contributed by atoms with Crippen molar-refractivity contribution in [3.8, 4) is 11.1 Å². The summed E-state index contributed by atoms with van der Waals surface area (Å²) in [6.07, 6.45) is 1.06. The molecule has 0 fully saturated rings. The summed E-state index contributed by atoms with van der Waals surface area (Å²) in [5, 5.41) is 0. The molecule has 2 aromatic carbocycles. The summed E-state index contributed by atoms with van der Waals surface area (Å²) in [7, 11) is 1.74. The van der Waals surface area contributed by atoms with E-state index in [0.717, 1.165) is 6.42 Å². The van der Waals surface area contributed by atoms with Crippen LogP contribution in [0, 0.1) is 0 Å². The summed E-state index contributed by atoms with van der Waals surface area (Å²) in [6.45, 7) is 0.698. The minimum Gasteiger partial charge on any atom is -0.380 e. The average molecular weight is 210 g/mol. The van der Waals surface area contributed by atoms with E-state index in [-0.39, 0.29) is 0 Å². The molecule has 1 nitrogen and oxygen atoms in total. The van der Waals surface area contributed by atoms with Crippen molar-refractivity contribution in [1.29, 1.82) is 0 Å². The van der Waals surface area contributed by atoms with Crippen LogP contribution in [0.15, 0.2) is 42.5 Å². The van der Waals surface area contributed by atoms with Crippen LogP contribution in [0.2, 0.25) is 0 Å². The molecule has 0 N–H and O–H groups in total. The van der Waals surface area contributed by atoms with Gasteiger partial charge in [-0.3, -0.25) is 0 Å². The Kier molecular flexibility index (Phi) is 2.26. The summed E-state index contributed by atoms with van der Waals surface area (Å²) < 4.78 is 5.16. The molecule has 1 aliphatic carbocycles. The van der Waals surface area contributed by atoms with E-state index < -0.39 is 0 Å². The topological polar surface area (TPSA) is 9.23 Å². The molecule has 0 unspecified atom stereocenters. The van der Waals surface area contributed by atoms with Gasteiger partial charge in [-0.2, -0.15) is 0 Å². The van der Waals surface area contributed by atoms with Crippen molar-refractivity contribution in [2.45, 2.75) is 13.0 Å². The van der Waals surface area contributed by atoms with Crippen LogP contribution in [0.25, 0.3) is 11.1 Å². The first-order valence-electron chi connectivity index (χ1n) is 5.57. The lowest BCUT2D eigenvalue weighted by atomic mass is 10.0. The molecule has 1 aliphatic rings. The number of ether oxygens (including phenoxy) is 1. The smallest absolute Gasteiger partial charge is 0.0713 e. The van der Waals surface area contributed by atoms with Crippen molar-refractivity contribution in [1.82, 2.24) is 0 Å². The van der Waals surface area contributed by atoms with E-state index in [9.17, 15) is 0 Å². The third kappa shape index (κ3) is 1.44. The Morgan fingerprint density at radius 3 is 2.69 bits per heavy atom. The van der Waals surface area contributed by atoms with Crippen molar-refractivity contribution in [3.05, 3.63) is 59.2 Å². The molecular weight excluding hydrogens is 196 g/mol. The molecule has 0 aromatic heterocycles. The quantitative estimate of drug-likeness (QED) is 0.630. The highest BCUT2D eigenvalue weighted by molar-refractivity contribution is 5.76. The van der Waals surface area contributed by atoms with Gasteiger partial charge in [-0.05, 0) is 34.2 Å². The van der Waals surface area contributed by atoms with Gasteiger partial charge in [0.2, 0.25) is 0 Å². The Bertz CT molecular complexity index is 529. The van der Waals surface area contributed by atoms with Gasteiger partial charge < -0.3 is 4.74 Å². The molecule has 0 bridgehead atoms. The molecule has 0 saturated heterocycles. The van der Waals surface area contributed by atoms with E-state index in [1.54, 1.807) is 7.11 Å². The van der Waals surface area contributed by atoms with Crippen LogP contribution in [0.3, 0.4) is 0 Å². The molecule has 3 rings (SSSR count). The second kappa shape index (κ2) is 3.76. The second-order valence-electron chi connectivity index (χ2n) is 4.26. The number of benzene rings is 2. The van der Waals surface area contributed by atoms with Crippen molar-refractivity contribution in [2.24, 2.45) is 0 Å². The van der Waals surface area contributed by atoms with Gasteiger partial charge in [0.1, 0.15) is 0 Å². The van der Waals surface area contributed by atoms with Crippen LogP contribution in [0.5, 0.6) is 0 Å². The Hall–Kier alpha value is -1.60. The number of hydrogen-bond acceptors (Lipinski definition) is 1. The van der Waals surface area contributed by atoms with E-state index in [0.29, 0.717) is 6.61 Å². The molecule has 0 amide bonds. The van der Waals surface area contributed by atoms with Crippen molar-refractivity contribution >= 4 is 0 Å². The van der Waals surface area contributed by atoms with Crippen LogP contribution in [-0.2, 0) is 17.8 Å². The van der Waals surface area contributed by atoms with Crippen LogP contribution in [0.1, 0.15) is 16.7 Å². The minimum atomic E-state index is 0.698. The van der Waals surface area contributed by atoms with E-state index in [2.05, 4.69) is 42.5 Å². The molecule has 0 spiro atoms. The van der Waals surface area contributed by atoms with Crippen LogP contribution in [-0.4, -0.2) is 7.11 Å². The lowest BCUT2D eigenvalue weighted by Crippen LogP contribution is -1.89. The average Bonchev–Trinajstić information content (AvgIpc) is 2.67. The first-order chi connectivity index (χ1) is 7.88. The predicted molar refractivity (Wildman–Crippen MR) is 65.4 cm³/mol. The summed E-state index contributed by atoms with van der Waals surface area (Å²) in [6, 6.07) is 15.3. The lowest BCUT2D eigenvalue weighted by molar-refractivity contribution is 0.185. The van der Waals surface area contributed by atoms with Gasteiger partial charge in [0.15, 0.2) is 0 Å². The third-order valence-electron chi connectivity index (χ3n) is 3.17. The summed E-state index contributed by atoms with van der Waals surface area (Å²) in [5.41, 5.74) is 6.90. The molecule has 0 heterocycles. The molecule has 0 saturated carbocycles. The highest BCUT2D eigenvalue weighted by Crippen LogP contribution is 2.36. The molecule has 80 valence electrons. The van der Waals surface area contributed by atoms with Crippen LogP contribution >= 0.6 is 0 Å². The molecule has 16 heavy (non-hydrogen) atoms. The van der Waals surface area contributed by atoms with E-state index in [4.69, 9.17) is 4.74 Å². The monoisotopic (exact) mass is 210 g/mol. The Labute approximate surface area is 95.7 Å². The lowest BCUT2D eigenvalue weighted by Gasteiger charge is -2.04. The molecular formula is C15H14O. The largest absolute Gasteiger partial charge is 0.380 e. The number of fused-ring (bicyclic) bond motifs is 3. The van der Waals surface area contributed by atoms with Gasteiger partial charge in [-0.15, -0.1) is 0 Å². The second-order valence-corrected chi connectivity index (χ2v) is 4.26. The highest BCUT2D eigenvalue weighted by Gasteiger charge is 2.17. The molecule has 0 aliphatic heterocycles. The summed E-state index contributed by atoms with van der Waals surface area (Å²) in [4.78, 5) is 0. The normalized spacial score (nSPS) is 12.3. The van der Waals surface area contributed by atoms with Crippen molar-refractivity contribution in [2.75, 3.05) is 7.11 Å². The van der Waals surface area contributed by atoms with E-state index >= 15 is 0 Å². The Balaban J connectivity index is 2.07. The predicted octanol–water partition coefficient (Wildman–Crippen LogP) is 3.40. The summed E-state index contributed by atoms with van der Waals surface area (Å²) in [5.74, 6) is 0. The van der Waals surface area contributed by atoms with Gasteiger partial charge in [-0.25, -0.2) is 0 Å². The fourth-order valence-electron chi connectivity index (χ4n) is 2.45. The van der Waals surface area contributed by atoms with E-state index in [1.165, 1.54) is 27.8 Å². The van der Waals surface area contributed by atoms with E-state index in [1.807, 2.05) is 0 Å². The number of hydrogen-bond donors (Lipinski definition) is 0. The molecule has 0 atom stereocenters. The van der Waals surface area contributed by atoms with Crippen LogP contribution < -0.4 is 0 Å². The highest BCUT2D eigenvalue weighted by atomic mass is 16.5. The maximum Gasteiger partial charge on any atom is 0.0713 e. The molecule has 0 radical (unpaired) electrons. The zero-order chi connectivity index (χ0) is 11.0. The van der Waals surface area contributed by atoms with Gasteiger partial charge in [0.05, 0.1) is 6.61 Å². The van der Waals surface area contributed by atoms with Crippen molar-refractivity contribution < 1.29 is 4.74 Å². The zero-order valence-corrected chi connectivity index (χ0v) is 9.36. The van der Waals surface area contributed by atoms with Crippen molar-refractivity contribution in [3.63, 3.8) is 0 Å². The number of rotatable bonds is 2. The van der Waals surface area contributed by atoms with Gasteiger partial charge >= 0.3 is 0 Å². The zero-order valence-electron chi connectivity index (χ0n) is 9.36. The maximum atomic E-state index is 5.16. The SMILES string of the molecule is COCc1ccc2c(c1)Cc1ccccc1-2. The van der Waals surface area contributed by atoms with Crippen LogP contribution in [0.4, 0.5) is 0 Å². The maximum absolute atomic E-state index is 5.16. The molecule has 1 heteroatoms. The first-order valence-corrected chi connectivity index (χ1v) is 5.57. The van der Waals surface area contributed by atoms with Gasteiger partial charge in [-0.1, -0.05) is 42.5 Å². The fourth-order valence-corrected chi connectivity index (χ4v) is 2.45. The Morgan fingerprint density at radius 2 is 1.81 bits per heavy atom. The first kappa shape index (κ1) is 9.61. The fraction of sp³-hybridized carbons (Fsp3) is 0.200. The molecule has 2 aromatic rings. The summed E-state index contributed by atoms with van der Waals surface area (Å²) >= 11 is 0. The minimum absolute atomic E-state index is 0.698. The standard InChI is InChI=1S/C15H14O/c1-16-10-11-6-7-15-13(8-11)9-12-4-2-3-5-14(12)15/h2-8H,9-10H2,1H3. The number of methoxy groups -OCH3 is 1.